The van der Waals surface area contributed by atoms with Crippen molar-refractivity contribution >= 4 is 0 Å². The Labute approximate surface area is 147 Å². The molecular weight excluding hydrogens is 298 g/mol. The van der Waals surface area contributed by atoms with Crippen molar-refractivity contribution in [2.45, 2.75) is 90.5 Å². The molecule has 0 spiro atoms. The summed E-state index contributed by atoms with van der Waals surface area (Å²) in [6, 6.07) is -0.239. The molecule has 0 amide bonds. The van der Waals surface area contributed by atoms with Crippen molar-refractivity contribution in [3.8, 4) is 0 Å². The number of fused-ring (bicyclic) bond motifs is 5. The van der Waals surface area contributed by atoms with Crippen molar-refractivity contribution in [3.63, 3.8) is 0 Å². The van der Waals surface area contributed by atoms with Gasteiger partial charge in [0.25, 0.3) is 0 Å². The number of hydrogen-bond acceptors (Lipinski definition) is 2. The minimum atomic E-state index is -0.239. The van der Waals surface area contributed by atoms with E-state index in [0.717, 1.165) is 48.9 Å². The van der Waals surface area contributed by atoms with Crippen LogP contribution in [0.3, 0.4) is 0 Å². The molecule has 4 aliphatic rings. The standard InChI is InChI=1S/C21H35NO2/c1-3-4-15-6-10-20-19-8-5-14-13-16(22(23)24)7-9-17(14)18(19)11-12-21(15,20)2/h14-20H,3-13H2,1-2H3/t14?,15?,16?,17-,18?,19?,20?,21?/m1/s1. The maximum atomic E-state index is 11.2. The van der Waals surface area contributed by atoms with Gasteiger partial charge in [-0.3, -0.25) is 10.1 Å². The SMILES string of the molecule is CCCC1CCC2C3CCC4CC([N+](=O)[O-])CC[C@H]4C3CCC12C. The lowest BCUT2D eigenvalue weighted by Crippen LogP contribution is -2.49. The van der Waals surface area contributed by atoms with E-state index >= 15 is 0 Å². The van der Waals surface area contributed by atoms with E-state index in [4.69, 9.17) is 0 Å². The van der Waals surface area contributed by atoms with Crippen LogP contribution in [0.25, 0.3) is 0 Å². The predicted octanol–water partition coefficient (Wildman–Crippen LogP) is 5.70. The van der Waals surface area contributed by atoms with E-state index in [9.17, 15) is 10.1 Å². The van der Waals surface area contributed by atoms with Gasteiger partial charge in [-0.15, -0.1) is 0 Å². The van der Waals surface area contributed by atoms with Crippen molar-refractivity contribution in [1.82, 2.24) is 0 Å². The first-order valence-electron chi connectivity index (χ1n) is 10.7. The molecule has 0 bridgehead atoms. The highest BCUT2D eigenvalue weighted by Crippen LogP contribution is 2.64. The van der Waals surface area contributed by atoms with E-state index in [0.29, 0.717) is 11.3 Å². The van der Waals surface area contributed by atoms with E-state index in [1.165, 1.54) is 51.4 Å². The van der Waals surface area contributed by atoms with Gasteiger partial charge in [-0.05, 0) is 85.9 Å². The summed E-state index contributed by atoms with van der Waals surface area (Å²) in [7, 11) is 0. The summed E-state index contributed by atoms with van der Waals surface area (Å²) >= 11 is 0. The van der Waals surface area contributed by atoms with Crippen LogP contribution < -0.4 is 0 Å². The highest BCUT2D eigenvalue weighted by molar-refractivity contribution is 5.05. The zero-order valence-corrected chi connectivity index (χ0v) is 15.6. The van der Waals surface area contributed by atoms with Crippen molar-refractivity contribution in [1.29, 1.82) is 0 Å². The second-order valence-corrected chi connectivity index (χ2v) is 9.80. The second-order valence-electron chi connectivity index (χ2n) is 9.80. The first-order valence-corrected chi connectivity index (χ1v) is 10.7. The fourth-order valence-electron chi connectivity index (χ4n) is 7.95. The first kappa shape index (κ1) is 16.8. The molecule has 0 radical (unpaired) electrons. The normalized spacial score (nSPS) is 50.7. The molecule has 24 heavy (non-hydrogen) atoms. The van der Waals surface area contributed by atoms with Gasteiger partial charge in [-0.2, -0.15) is 0 Å². The molecule has 3 heteroatoms. The summed E-state index contributed by atoms with van der Waals surface area (Å²) in [5.74, 6) is 5.25. The largest absolute Gasteiger partial charge is 0.264 e. The zero-order valence-electron chi connectivity index (χ0n) is 15.6. The van der Waals surface area contributed by atoms with Gasteiger partial charge in [0.05, 0.1) is 0 Å². The lowest BCUT2D eigenvalue weighted by molar-refractivity contribution is -0.529. The molecule has 0 N–H and O–H groups in total. The minimum Gasteiger partial charge on any atom is -0.264 e. The van der Waals surface area contributed by atoms with Crippen LogP contribution in [-0.2, 0) is 0 Å². The average Bonchev–Trinajstić information content (AvgIpc) is 2.91. The Morgan fingerprint density at radius 1 is 1.00 bits per heavy atom. The van der Waals surface area contributed by atoms with Crippen molar-refractivity contribution < 1.29 is 4.92 Å². The molecule has 4 aliphatic carbocycles. The zero-order chi connectivity index (χ0) is 16.9. The monoisotopic (exact) mass is 333 g/mol. The van der Waals surface area contributed by atoms with E-state index in [-0.39, 0.29) is 11.0 Å². The summed E-state index contributed by atoms with van der Waals surface area (Å²) in [6.07, 6.45) is 14.1. The van der Waals surface area contributed by atoms with Gasteiger partial charge >= 0.3 is 0 Å². The van der Waals surface area contributed by atoms with Crippen LogP contribution in [0.1, 0.15) is 84.5 Å². The molecular formula is C21H35NO2. The number of hydrogen-bond donors (Lipinski definition) is 0. The summed E-state index contributed by atoms with van der Waals surface area (Å²) in [5, 5.41) is 11.2. The van der Waals surface area contributed by atoms with Crippen LogP contribution in [0.15, 0.2) is 0 Å². The van der Waals surface area contributed by atoms with E-state index in [1.807, 2.05) is 0 Å². The summed E-state index contributed by atoms with van der Waals surface area (Å²) in [6.45, 7) is 4.97. The van der Waals surface area contributed by atoms with Crippen LogP contribution in [0.2, 0.25) is 0 Å². The van der Waals surface area contributed by atoms with Gasteiger partial charge in [0, 0.05) is 17.8 Å². The fourth-order valence-corrected chi connectivity index (χ4v) is 7.95. The molecule has 0 aliphatic heterocycles. The summed E-state index contributed by atoms with van der Waals surface area (Å²) < 4.78 is 0. The molecule has 0 heterocycles. The predicted molar refractivity (Wildman–Crippen MR) is 96.3 cm³/mol. The van der Waals surface area contributed by atoms with E-state index in [2.05, 4.69) is 13.8 Å². The van der Waals surface area contributed by atoms with E-state index < -0.39 is 0 Å². The van der Waals surface area contributed by atoms with Crippen LogP contribution in [-0.4, -0.2) is 11.0 Å². The van der Waals surface area contributed by atoms with Crippen molar-refractivity contribution in [2.75, 3.05) is 0 Å². The quantitative estimate of drug-likeness (QED) is 0.491. The maximum absolute atomic E-state index is 11.2. The lowest BCUT2D eigenvalue weighted by atomic mass is 9.49. The molecule has 8 atom stereocenters. The van der Waals surface area contributed by atoms with E-state index in [1.54, 1.807) is 0 Å². The Bertz CT molecular complexity index is 492. The van der Waals surface area contributed by atoms with Crippen molar-refractivity contribution in [2.24, 2.45) is 40.9 Å². The summed E-state index contributed by atoms with van der Waals surface area (Å²) in [5.41, 5.74) is 0.613. The highest BCUT2D eigenvalue weighted by Gasteiger charge is 2.57. The number of nitrogens with zero attached hydrogens (tertiary/aromatic N) is 1. The van der Waals surface area contributed by atoms with Gasteiger partial charge in [0.2, 0.25) is 6.04 Å². The van der Waals surface area contributed by atoms with Crippen LogP contribution in [0.4, 0.5) is 0 Å². The van der Waals surface area contributed by atoms with Crippen LogP contribution >= 0.6 is 0 Å². The molecule has 0 aromatic heterocycles. The van der Waals surface area contributed by atoms with Gasteiger partial charge < -0.3 is 0 Å². The third-order valence-corrected chi connectivity index (χ3v) is 9.06. The fraction of sp³-hybridized carbons (Fsp3) is 1.00. The topological polar surface area (TPSA) is 43.1 Å². The van der Waals surface area contributed by atoms with Gasteiger partial charge in [-0.25, -0.2) is 0 Å². The Morgan fingerprint density at radius 2 is 1.79 bits per heavy atom. The molecule has 3 nitrogen and oxygen atoms in total. The first-order chi connectivity index (χ1) is 11.5. The third kappa shape index (κ3) is 2.52. The Balaban J connectivity index is 1.49. The second kappa shape index (κ2) is 6.29. The Morgan fingerprint density at radius 3 is 2.54 bits per heavy atom. The molecule has 0 saturated heterocycles. The average molecular weight is 334 g/mol. The Kier molecular flexibility index (Phi) is 4.41. The molecule has 136 valence electrons. The molecule has 4 fully saturated rings. The molecule has 7 unspecified atom stereocenters. The highest BCUT2D eigenvalue weighted by atomic mass is 16.6. The smallest absolute Gasteiger partial charge is 0.213 e. The maximum Gasteiger partial charge on any atom is 0.213 e. The van der Waals surface area contributed by atoms with Gasteiger partial charge in [-0.1, -0.05) is 26.7 Å². The van der Waals surface area contributed by atoms with Crippen molar-refractivity contribution in [3.05, 3.63) is 10.1 Å². The minimum absolute atomic E-state index is 0.00651. The van der Waals surface area contributed by atoms with Crippen LogP contribution in [0.5, 0.6) is 0 Å². The third-order valence-electron chi connectivity index (χ3n) is 9.06. The molecule has 0 aromatic carbocycles. The Hall–Kier alpha value is -0.600. The van der Waals surface area contributed by atoms with Gasteiger partial charge in [0.15, 0.2) is 0 Å². The number of nitro groups is 1. The molecule has 4 saturated carbocycles. The number of rotatable bonds is 3. The molecule has 0 aromatic rings. The summed E-state index contributed by atoms with van der Waals surface area (Å²) in [4.78, 5) is 11.2. The van der Waals surface area contributed by atoms with Crippen LogP contribution in [0, 0.1) is 51.0 Å². The molecule has 4 rings (SSSR count). The lowest BCUT2D eigenvalue weighted by Gasteiger charge is -2.56. The van der Waals surface area contributed by atoms with Gasteiger partial charge in [0.1, 0.15) is 0 Å².